The van der Waals surface area contributed by atoms with Crippen molar-refractivity contribution >= 4 is 40.4 Å². The van der Waals surface area contributed by atoms with Crippen LogP contribution in [0.25, 0.3) is 0 Å². The van der Waals surface area contributed by atoms with Crippen LogP contribution in [0.2, 0.25) is 0 Å². The van der Waals surface area contributed by atoms with Gasteiger partial charge in [0, 0.05) is 64.9 Å². The second kappa shape index (κ2) is 11.6. The Labute approximate surface area is 234 Å². The van der Waals surface area contributed by atoms with Crippen molar-refractivity contribution in [3.63, 3.8) is 0 Å². The molecule has 0 spiro atoms. The average molecular weight is 540 g/mol. The molecule has 3 heterocycles. The lowest BCUT2D eigenvalue weighted by Gasteiger charge is -2.34. The van der Waals surface area contributed by atoms with E-state index in [9.17, 15) is 9.59 Å². The van der Waals surface area contributed by atoms with Crippen LogP contribution in [-0.2, 0) is 0 Å². The number of hydrogen-bond donors (Lipinski definition) is 1. The molecule has 1 N–H and O–H groups in total. The molecule has 206 valence electrons. The third-order valence-electron chi connectivity index (χ3n) is 7.38. The molecule has 3 aromatic rings. The zero-order chi connectivity index (χ0) is 28.2. The van der Waals surface area contributed by atoms with Crippen molar-refractivity contribution < 1.29 is 14.3 Å². The molecule has 2 amide bonds. The average Bonchev–Trinajstić information content (AvgIpc) is 3.06. The minimum absolute atomic E-state index is 0.0383. The molecule has 5 rings (SSSR count). The Kier molecular flexibility index (Phi) is 7.84. The number of fused-ring (bicyclic) bond motifs is 2. The van der Waals surface area contributed by atoms with Crippen molar-refractivity contribution in [2.75, 3.05) is 68.5 Å². The number of carbonyl (C=O) groups is 2. The molecule has 1 aromatic heterocycles. The lowest BCUT2D eigenvalue weighted by molar-refractivity contribution is 0.0639. The van der Waals surface area contributed by atoms with Crippen LogP contribution in [0.5, 0.6) is 5.75 Å². The molecule has 0 atom stereocenters. The molecule has 10 nitrogen and oxygen atoms in total. The van der Waals surface area contributed by atoms with E-state index in [1.165, 1.54) is 0 Å². The van der Waals surface area contributed by atoms with Gasteiger partial charge < -0.3 is 24.8 Å². The number of benzene rings is 2. The standard InChI is InChI=1S/C30H33N7O3/c1-4-40-27-18-21(29(38)37-16-14-36(15-17-37)13-7-12-31)10-11-23(27)33-28-19-25-26(20-32-28)35(3)30(39)22-8-5-6-9-24(22)34(25)2/h5-6,8-11,18-20H,4,7,13-17H2,1-3H3,(H,32,33). The van der Waals surface area contributed by atoms with Gasteiger partial charge in [-0.15, -0.1) is 0 Å². The minimum atomic E-state index is -0.0915. The van der Waals surface area contributed by atoms with Crippen LogP contribution >= 0.6 is 0 Å². The van der Waals surface area contributed by atoms with Crippen LogP contribution in [-0.4, -0.2) is 80.0 Å². The summed E-state index contributed by atoms with van der Waals surface area (Å²) in [6.45, 7) is 5.84. The van der Waals surface area contributed by atoms with Crippen molar-refractivity contribution in [3.05, 3.63) is 65.9 Å². The maximum atomic E-state index is 13.3. The van der Waals surface area contributed by atoms with Crippen LogP contribution in [0, 0.1) is 11.3 Å². The number of nitrogens with one attached hydrogen (secondary N) is 1. The maximum Gasteiger partial charge on any atom is 0.260 e. The quantitative estimate of drug-likeness (QED) is 0.475. The first-order valence-electron chi connectivity index (χ1n) is 13.4. The Bertz CT molecular complexity index is 1460. The van der Waals surface area contributed by atoms with Crippen LogP contribution in [0.4, 0.5) is 28.6 Å². The first-order chi connectivity index (χ1) is 19.4. The van der Waals surface area contributed by atoms with Gasteiger partial charge in [0.2, 0.25) is 0 Å². The number of ether oxygens (including phenoxy) is 1. The lowest BCUT2D eigenvalue weighted by atomic mass is 10.1. The molecule has 2 aromatic carbocycles. The van der Waals surface area contributed by atoms with Crippen molar-refractivity contribution in [3.8, 4) is 11.8 Å². The SMILES string of the molecule is CCOc1cc(C(=O)N2CCN(CCC#N)CC2)ccc1Nc1cc2c(cn1)N(C)C(=O)c1ccccc1N2C. The number of nitriles is 1. The largest absolute Gasteiger partial charge is 0.492 e. The van der Waals surface area contributed by atoms with E-state index < -0.39 is 0 Å². The number of anilines is 5. The van der Waals surface area contributed by atoms with E-state index in [4.69, 9.17) is 10.00 Å². The van der Waals surface area contributed by atoms with Crippen LogP contribution in [0.1, 0.15) is 34.1 Å². The van der Waals surface area contributed by atoms with Crippen LogP contribution in [0.15, 0.2) is 54.7 Å². The van der Waals surface area contributed by atoms with Crippen LogP contribution < -0.4 is 19.9 Å². The summed E-state index contributed by atoms with van der Waals surface area (Å²) in [4.78, 5) is 38.6. The number of rotatable bonds is 7. The van der Waals surface area contributed by atoms with Crippen LogP contribution in [0.3, 0.4) is 0 Å². The number of nitrogens with zero attached hydrogens (tertiary/aromatic N) is 6. The Morgan fingerprint density at radius 3 is 2.55 bits per heavy atom. The van der Waals surface area contributed by atoms with Crippen molar-refractivity contribution in [2.45, 2.75) is 13.3 Å². The summed E-state index contributed by atoms with van der Waals surface area (Å²) in [6, 6.07) is 17.0. The van der Waals surface area contributed by atoms with E-state index >= 15 is 0 Å². The van der Waals surface area contributed by atoms with E-state index in [0.29, 0.717) is 60.2 Å². The van der Waals surface area contributed by atoms with Gasteiger partial charge in [-0.25, -0.2) is 4.98 Å². The molecule has 2 aliphatic heterocycles. The summed E-state index contributed by atoms with van der Waals surface area (Å²) in [6.07, 6.45) is 2.18. The lowest BCUT2D eigenvalue weighted by Crippen LogP contribution is -2.48. The fourth-order valence-electron chi connectivity index (χ4n) is 5.14. The zero-order valence-electron chi connectivity index (χ0n) is 23.1. The van der Waals surface area contributed by atoms with Gasteiger partial charge in [-0.2, -0.15) is 5.26 Å². The number of carbonyl (C=O) groups excluding carboxylic acids is 2. The molecular weight excluding hydrogens is 506 g/mol. The highest BCUT2D eigenvalue weighted by Gasteiger charge is 2.28. The van der Waals surface area contributed by atoms with Gasteiger partial charge in [-0.1, -0.05) is 12.1 Å². The molecule has 0 aliphatic carbocycles. The van der Waals surface area contributed by atoms with Crippen molar-refractivity contribution in [1.82, 2.24) is 14.8 Å². The smallest absolute Gasteiger partial charge is 0.260 e. The summed E-state index contributed by atoms with van der Waals surface area (Å²) < 4.78 is 5.92. The second-order valence-corrected chi connectivity index (χ2v) is 9.81. The van der Waals surface area contributed by atoms with Gasteiger partial charge in [0.1, 0.15) is 11.6 Å². The molecule has 1 saturated heterocycles. The molecule has 40 heavy (non-hydrogen) atoms. The predicted octanol–water partition coefficient (Wildman–Crippen LogP) is 4.25. The van der Waals surface area contributed by atoms with E-state index in [1.807, 2.05) is 60.2 Å². The second-order valence-electron chi connectivity index (χ2n) is 9.81. The number of aromatic nitrogens is 1. The van der Waals surface area contributed by atoms with Gasteiger partial charge in [0.05, 0.1) is 47.2 Å². The fraction of sp³-hybridized carbons (Fsp3) is 0.333. The Balaban J connectivity index is 1.37. The highest BCUT2D eigenvalue weighted by Crippen LogP contribution is 2.40. The Morgan fingerprint density at radius 1 is 1.02 bits per heavy atom. The zero-order valence-corrected chi connectivity index (χ0v) is 23.1. The van der Waals surface area contributed by atoms with E-state index in [1.54, 1.807) is 30.3 Å². The first kappa shape index (κ1) is 27.0. The van der Waals surface area contributed by atoms with Gasteiger partial charge in [-0.05, 0) is 37.3 Å². The Morgan fingerprint density at radius 2 is 1.80 bits per heavy atom. The molecule has 0 bridgehead atoms. The minimum Gasteiger partial charge on any atom is -0.492 e. The van der Waals surface area contributed by atoms with E-state index in [0.717, 1.165) is 31.0 Å². The van der Waals surface area contributed by atoms with Gasteiger partial charge in [0.25, 0.3) is 11.8 Å². The first-order valence-corrected chi connectivity index (χ1v) is 13.4. The third kappa shape index (κ3) is 5.28. The summed E-state index contributed by atoms with van der Waals surface area (Å²) in [5.41, 5.74) is 4.23. The molecule has 0 unspecified atom stereocenters. The maximum absolute atomic E-state index is 13.3. The summed E-state index contributed by atoms with van der Waals surface area (Å²) in [7, 11) is 3.68. The van der Waals surface area contributed by atoms with Crippen molar-refractivity contribution in [1.29, 1.82) is 5.26 Å². The molecular formula is C30H33N7O3. The molecule has 1 fully saturated rings. The predicted molar refractivity (Wildman–Crippen MR) is 155 cm³/mol. The number of piperazine rings is 1. The highest BCUT2D eigenvalue weighted by atomic mass is 16.5. The summed E-state index contributed by atoms with van der Waals surface area (Å²) >= 11 is 0. The summed E-state index contributed by atoms with van der Waals surface area (Å²) in [5.74, 6) is 1.01. The molecule has 0 saturated carbocycles. The third-order valence-corrected chi connectivity index (χ3v) is 7.38. The number of amides is 2. The number of pyridine rings is 1. The Hall–Kier alpha value is -4.62. The molecule has 0 radical (unpaired) electrons. The normalized spacial score (nSPS) is 15.2. The van der Waals surface area contributed by atoms with Crippen molar-refractivity contribution in [2.24, 2.45) is 0 Å². The van der Waals surface area contributed by atoms with E-state index in [-0.39, 0.29) is 11.8 Å². The number of para-hydroxylation sites is 1. The fourth-order valence-corrected chi connectivity index (χ4v) is 5.14. The highest BCUT2D eigenvalue weighted by molar-refractivity contribution is 6.13. The molecule has 10 heteroatoms. The monoisotopic (exact) mass is 539 g/mol. The topological polar surface area (TPSA) is 105 Å². The van der Waals surface area contributed by atoms with E-state index in [2.05, 4.69) is 21.3 Å². The summed E-state index contributed by atoms with van der Waals surface area (Å²) in [5, 5.41) is 12.2. The van der Waals surface area contributed by atoms with Gasteiger partial charge in [0.15, 0.2) is 0 Å². The number of hydrogen-bond acceptors (Lipinski definition) is 8. The van der Waals surface area contributed by atoms with Gasteiger partial charge >= 0.3 is 0 Å². The molecule has 2 aliphatic rings. The van der Waals surface area contributed by atoms with Gasteiger partial charge in [-0.3, -0.25) is 14.5 Å².